The normalized spacial score (nSPS) is 37.2. The van der Waals surface area contributed by atoms with Gasteiger partial charge in [-0.25, -0.2) is 0 Å². The highest BCUT2D eigenvalue weighted by atomic mass is 14.4. The Morgan fingerprint density at radius 3 is 1.11 bits per heavy atom. The Hall–Kier alpha value is -0.520. The van der Waals surface area contributed by atoms with Crippen molar-refractivity contribution in [3.63, 3.8) is 0 Å². The molecule has 0 heteroatoms. The first-order valence-electron chi connectivity index (χ1n) is 7.88. The molecule has 0 aromatic heterocycles. The molecule has 0 saturated heterocycles. The maximum Gasteiger partial charge on any atom is -0.0208 e. The van der Waals surface area contributed by atoms with Crippen LogP contribution >= 0.6 is 0 Å². The smallest absolute Gasteiger partial charge is 0.0208 e. The van der Waals surface area contributed by atoms with Crippen LogP contribution in [0.5, 0.6) is 0 Å². The SMILES string of the molecule is C=C(C)C1CCC(C2CCC(C(=C)C)CC2)CC1. The van der Waals surface area contributed by atoms with Crippen LogP contribution in [0.4, 0.5) is 0 Å². The van der Waals surface area contributed by atoms with Crippen molar-refractivity contribution in [1.82, 2.24) is 0 Å². The first kappa shape index (κ1) is 13.9. The van der Waals surface area contributed by atoms with E-state index in [0.29, 0.717) is 0 Å². The summed E-state index contributed by atoms with van der Waals surface area (Å²) in [6, 6.07) is 0. The van der Waals surface area contributed by atoms with E-state index in [1.807, 2.05) is 0 Å². The molecular weight excluding hydrogens is 216 g/mol. The molecule has 0 unspecified atom stereocenters. The van der Waals surface area contributed by atoms with Crippen molar-refractivity contribution in [3.05, 3.63) is 24.3 Å². The molecule has 0 amide bonds. The Kier molecular flexibility index (Phi) is 4.70. The molecule has 0 N–H and O–H groups in total. The number of hydrogen-bond donors (Lipinski definition) is 0. The Balaban J connectivity index is 1.78. The van der Waals surface area contributed by atoms with Gasteiger partial charge in [0, 0.05) is 0 Å². The van der Waals surface area contributed by atoms with E-state index >= 15 is 0 Å². The van der Waals surface area contributed by atoms with Crippen molar-refractivity contribution in [1.29, 1.82) is 0 Å². The fraction of sp³-hybridized carbons (Fsp3) is 0.778. The van der Waals surface area contributed by atoms with E-state index in [2.05, 4.69) is 27.0 Å². The molecule has 0 nitrogen and oxygen atoms in total. The summed E-state index contributed by atoms with van der Waals surface area (Å²) in [5.41, 5.74) is 2.83. The van der Waals surface area contributed by atoms with Gasteiger partial charge >= 0.3 is 0 Å². The van der Waals surface area contributed by atoms with Gasteiger partial charge < -0.3 is 0 Å². The molecule has 2 saturated carbocycles. The zero-order valence-corrected chi connectivity index (χ0v) is 12.4. The lowest BCUT2D eigenvalue weighted by Crippen LogP contribution is -2.26. The number of hydrogen-bond acceptors (Lipinski definition) is 0. The van der Waals surface area contributed by atoms with Crippen LogP contribution in [-0.4, -0.2) is 0 Å². The lowest BCUT2D eigenvalue weighted by Gasteiger charge is -2.38. The van der Waals surface area contributed by atoms with Gasteiger partial charge in [0.15, 0.2) is 0 Å². The summed E-state index contributed by atoms with van der Waals surface area (Å²) >= 11 is 0. The molecule has 102 valence electrons. The molecule has 0 spiro atoms. The summed E-state index contributed by atoms with van der Waals surface area (Å²) in [5.74, 6) is 3.69. The van der Waals surface area contributed by atoms with Crippen LogP contribution in [0.3, 0.4) is 0 Å². The predicted octanol–water partition coefficient (Wildman–Crippen LogP) is 5.75. The van der Waals surface area contributed by atoms with Crippen molar-refractivity contribution in [2.45, 2.75) is 65.2 Å². The molecule has 0 heterocycles. The molecule has 0 aliphatic heterocycles. The summed E-state index contributed by atoms with van der Waals surface area (Å²) in [6.07, 6.45) is 11.4. The van der Waals surface area contributed by atoms with Crippen LogP contribution in [0.15, 0.2) is 24.3 Å². The maximum absolute atomic E-state index is 4.14. The third-order valence-electron chi connectivity index (χ3n) is 5.60. The van der Waals surface area contributed by atoms with E-state index in [-0.39, 0.29) is 0 Å². The zero-order chi connectivity index (χ0) is 13.1. The summed E-state index contributed by atoms with van der Waals surface area (Å²) < 4.78 is 0. The highest BCUT2D eigenvalue weighted by Crippen LogP contribution is 2.43. The molecule has 18 heavy (non-hydrogen) atoms. The third-order valence-corrected chi connectivity index (χ3v) is 5.60. The van der Waals surface area contributed by atoms with Crippen LogP contribution in [0.2, 0.25) is 0 Å². The van der Waals surface area contributed by atoms with E-state index in [4.69, 9.17) is 0 Å². The molecule has 0 aromatic carbocycles. The maximum atomic E-state index is 4.14. The van der Waals surface area contributed by atoms with Gasteiger partial charge in [-0.1, -0.05) is 24.3 Å². The number of allylic oxidation sites excluding steroid dienone is 2. The van der Waals surface area contributed by atoms with E-state index in [1.165, 1.54) is 62.5 Å². The summed E-state index contributed by atoms with van der Waals surface area (Å²) in [7, 11) is 0. The van der Waals surface area contributed by atoms with Gasteiger partial charge in [-0.3, -0.25) is 0 Å². The first-order valence-corrected chi connectivity index (χ1v) is 7.88. The summed E-state index contributed by atoms with van der Waals surface area (Å²) in [5, 5.41) is 0. The Labute approximate surface area is 114 Å². The van der Waals surface area contributed by atoms with Crippen LogP contribution in [0, 0.1) is 23.7 Å². The Morgan fingerprint density at radius 1 is 0.611 bits per heavy atom. The van der Waals surface area contributed by atoms with Gasteiger partial charge in [0.1, 0.15) is 0 Å². The van der Waals surface area contributed by atoms with Crippen LogP contribution in [0.1, 0.15) is 65.2 Å². The van der Waals surface area contributed by atoms with Crippen LogP contribution < -0.4 is 0 Å². The minimum absolute atomic E-state index is 0.827. The predicted molar refractivity (Wildman–Crippen MR) is 80.5 cm³/mol. The minimum Gasteiger partial charge on any atom is -0.0999 e. The highest BCUT2D eigenvalue weighted by molar-refractivity contribution is 5.00. The Morgan fingerprint density at radius 2 is 0.889 bits per heavy atom. The average Bonchev–Trinajstić information content (AvgIpc) is 2.39. The zero-order valence-electron chi connectivity index (χ0n) is 12.4. The van der Waals surface area contributed by atoms with Crippen molar-refractivity contribution in [2.75, 3.05) is 0 Å². The van der Waals surface area contributed by atoms with Crippen molar-refractivity contribution >= 4 is 0 Å². The number of rotatable bonds is 3. The monoisotopic (exact) mass is 246 g/mol. The van der Waals surface area contributed by atoms with Crippen LogP contribution in [0.25, 0.3) is 0 Å². The van der Waals surface area contributed by atoms with Gasteiger partial charge in [0.05, 0.1) is 0 Å². The molecule has 0 aromatic rings. The molecule has 0 radical (unpaired) electrons. The topological polar surface area (TPSA) is 0 Å². The summed E-state index contributed by atoms with van der Waals surface area (Å²) in [6.45, 7) is 12.7. The molecular formula is C18H30. The molecule has 0 atom stereocenters. The first-order chi connectivity index (χ1) is 8.58. The van der Waals surface area contributed by atoms with Crippen molar-refractivity contribution in [2.24, 2.45) is 23.7 Å². The minimum atomic E-state index is 0.827. The van der Waals surface area contributed by atoms with Gasteiger partial charge in [0.2, 0.25) is 0 Å². The highest BCUT2D eigenvalue weighted by Gasteiger charge is 2.30. The average molecular weight is 246 g/mol. The largest absolute Gasteiger partial charge is 0.0999 e. The van der Waals surface area contributed by atoms with Crippen LogP contribution in [-0.2, 0) is 0 Å². The molecule has 2 aliphatic rings. The molecule has 2 aliphatic carbocycles. The quantitative estimate of drug-likeness (QED) is 0.556. The second kappa shape index (κ2) is 6.08. The molecule has 2 rings (SSSR count). The summed E-state index contributed by atoms with van der Waals surface area (Å²) in [4.78, 5) is 0. The van der Waals surface area contributed by atoms with E-state index < -0.39 is 0 Å². The standard InChI is InChI=1S/C18H30/c1-13(2)15-5-9-17(10-6-15)18-11-7-16(8-12-18)14(3)4/h15-18H,1,3,5-12H2,2,4H3. The Bertz CT molecular complexity index is 264. The van der Waals surface area contributed by atoms with Gasteiger partial charge in [-0.2, -0.15) is 0 Å². The second-order valence-corrected chi connectivity index (χ2v) is 6.92. The van der Waals surface area contributed by atoms with Gasteiger partial charge in [0.25, 0.3) is 0 Å². The van der Waals surface area contributed by atoms with Gasteiger partial charge in [-0.15, -0.1) is 0 Å². The fourth-order valence-electron chi connectivity index (χ4n) is 4.17. The van der Waals surface area contributed by atoms with E-state index in [9.17, 15) is 0 Å². The van der Waals surface area contributed by atoms with E-state index in [0.717, 1.165) is 23.7 Å². The molecule has 2 fully saturated rings. The lowest BCUT2D eigenvalue weighted by molar-refractivity contribution is 0.162. The third kappa shape index (κ3) is 3.28. The fourth-order valence-corrected chi connectivity index (χ4v) is 4.17. The van der Waals surface area contributed by atoms with Crippen molar-refractivity contribution < 1.29 is 0 Å². The lowest BCUT2D eigenvalue weighted by atomic mass is 9.68. The van der Waals surface area contributed by atoms with E-state index in [1.54, 1.807) is 0 Å². The second-order valence-electron chi connectivity index (χ2n) is 6.92. The molecule has 0 bridgehead atoms. The van der Waals surface area contributed by atoms with Gasteiger partial charge in [-0.05, 0) is 88.9 Å². The van der Waals surface area contributed by atoms with Crippen molar-refractivity contribution in [3.8, 4) is 0 Å².